The van der Waals surface area contributed by atoms with Crippen LogP contribution in [-0.2, 0) is 0 Å². The van der Waals surface area contributed by atoms with E-state index in [4.69, 9.17) is 4.74 Å². The van der Waals surface area contributed by atoms with Gasteiger partial charge in [-0.25, -0.2) is 13.5 Å². The summed E-state index contributed by atoms with van der Waals surface area (Å²) in [6.45, 7) is 3.49. The van der Waals surface area contributed by atoms with Crippen LogP contribution in [0, 0.1) is 18.6 Å². The number of benzene rings is 1. The highest BCUT2D eigenvalue weighted by Crippen LogP contribution is 2.25. The lowest BCUT2D eigenvalue weighted by Crippen LogP contribution is -2.30. The molecule has 0 spiro atoms. The Morgan fingerprint density at radius 2 is 2.00 bits per heavy atom. The van der Waals surface area contributed by atoms with E-state index in [1.54, 1.807) is 11.6 Å². The number of halogens is 3. The van der Waals surface area contributed by atoms with Crippen LogP contribution in [0.25, 0.3) is 0 Å². The Kier molecular flexibility index (Phi) is 6.49. The normalized spacial score (nSPS) is 14.6. The number of nitrogens with one attached hydrogen (secondary N) is 2. The van der Waals surface area contributed by atoms with Crippen LogP contribution < -0.4 is 15.4 Å². The predicted octanol–water partition coefficient (Wildman–Crippen LogP) is 2.47. The zero-order chi connectivity index (χ0) is 18.0. The highest BCUT2D eigenvalue weighted by atomic mass is 35.5. The van der Waals surface area contributed by atoms with E-state index in [9.17, 15) is 13.6 Å². The molecule has 1 aliphatic heterocycles. The average molecular weight is 388 g/mol. The van der Waals surface area contributed by atoms with E-state index in [2.05, 4.69) is 20.9 Å². The molecule has 0 aliphatic carbocycles. The number of methoxy groups -OCH3 is 1. The summed E-state index contributed by atoms with van der Waals surface area (Å²) >= 11 is 0. The van der Waals surface area contributed by atoms with Crippen LogP contribution in [-0.4, -0.2) is 41.1 Å². The molecule has 1 aromatic carbocycles. The number of carbonyl (C=O) groups excluding carboxylic acids is 1. The third-order valence-electron chi connectivity index (χ3n) is 4.29. The summed E-state index contributed by atoms with van der Waals surface area (Å²) in [6.07, 6.45) is 1.78. The molecule has 1 fully saturated rings. The van der Waals surface area contributed by atoms with Crippen molar-refractivity contribution in [2.45, 2.75) is 25.8 Å². The van der Waals surface area contributed by atoms with E-state index in [1.807, 2.05) is 0 Å². The van der Waals surface area contributed by atoms with Crippen molar-refractivity contribution in [3.8, 4) is 5.75 Å². The lowest BCUT2D eigenvalue weighted by molar-refractivity contribution is 0.102. The van der Waals surface area contributed by atoms with Crippen LogP contribution in [0.2, 0.25) is 0 Å². The molecule has 3 rings (SSSR count). The van der Waals surface area contributed by atoms with Crippen molar-refractivity contribution in [1.82, 2.24) is 20.3 Å². The smallest absolute Gasteiger partial charge is 0.278 e. The Bertz CT molecular complexity index is 793. The van der Waals surface area contributed by atoms with Gasteiger partial charge in [-0.05, 0) is 32.9 Å². The van der Waals surface area contributed by atoms with Crippen LogP contribution in [0.15, 0.2) is 12.1 Å². The largest absolute Gasteiger partial charge is 0.494 e. The van der Waals surface area contributed by atoms with Crippen molar-refractivity contribution in [2.24, 2.45) is 0 Å². The number of hydrogen-bond acceptors (Lipinski definition) is 5. The Labute approximate surface area is 155 Å². The SMILES string of the molecule is COc1cc(F)c(NC(=O)c2nnn(C3CCNCC3)c2C)cc1F.Cl. The van der Waals surface area contributed by atoms with Gasteiger partial charge in [-0.1, -0.05) is 5.21 Å². The Hall–Kier alpha value is -2.26. The van der Waals surface area contributed by atoms with Crippen LogP contribution in [0.1, 0.15) is 35.1 Å². The highest BCUT2D eigenvalue weighted by Gasteiger charge is 2.23. The van der Waals surface area contributed by atoms with Gasteiger partial charge in [0.15, 0.2) is 23.1 Å². The van der Waals surface area contributed by atoms with Gasteiger partial charge >= 0.3 is 0 Å². The Morgan fingerprint density at radius 1 is 1.31 bits per heavy atom. The molecule has 10 heteroatoms. The lowest BCUT2D eigenvalue weighted by Gasteiger charge is -2.23. The van der Waals surface area contributed by atoms with E-state index < -0.39 is 17.5 Å². The standard InChI is InChI=1S/C16H19F2N5O2.ClH/c1-9-15(21-22-23(9)10-3-5-19-6-4-10)16(24)20-13-7-12(18)14(25-2)8-11(13)17;/h7-8,10,19H,3-6H2,1-2H3,(H,20,24);1H. The van der Waals surface area contributed by atoms with Crippen LogP contribution in [0.3, 0.4) is 0 Å². The predicted molar refractivity (Wildman–Crippen MR) is 94.0 cm³/mol. The first-order valence-corrected chi connectivity index (χ1v) is 7.98. The van der Waals surface area contributed by atoms with Crippen molar-refractivity contribution in [1.29, 1.82) is 0 Å². The fraction of sp³-hybridized carbons (Fsp3) is 0.438. The van der Waals surface area contributed by atoms with Crippen molar-refractivity contribution in [3.63, 3.8) is 0 Å². The first-order chi connectivity index (χ1) is 12.0. The molecule has 2 N–H and O–H groups in total. The Morgan fingerprint density at radius 3 is 2.65 bits per heavy atom. The van der Waals surface area contributed by atoms with Gasteiger partial charge in [0.2, 0.25) is 0 Å². The molecule has 7 nitrogen and oxygen atoms in total. The average Bonchev–Trinajstić information content (AvgIpc) is 3.00. The first kappa shape index (κ1) is 20.1. The van der Waals surface area contributed by atoms with Gasteiger partial charge in [0.1, 0.15) is 0 Å². The van der Waals surface area contributed by atoms with Crippen LogP contribution >= 0.6 is 12.4 Å². The third-order valence-corrected chi connectivity index (χ3v) is 4.29. The van der Waals surface area contributed by atoms with Crippen molar-refractivity contribution in [3.05, 3.63) is 35.2 Å². The maximum absolute atomic E-state index is 14.0. The van der Waals surface area contributed by atoms with Gasteiger partial charge in [-0.3, -0.25) is 4.79 Å². The van der Waals surface area contributed by atoms with Gasteiger partial charge in [-0.15, -0.1) is 17.5 Å². The molecule has 2 aromatic rings. The molecule has 0 atom stereocenters. The molecule has 1 aromatic heterocycles. The molecule has 0 saturated carbocycles. The summed E-state index contributed by atoms with van der Waals surface area (Å²) in [5.41, 5.74) is 0.409. The van der Waals surface area contributed by atoms with Crippen molar-refractivity contribution < 1.29 is 18.3 Å². The molecule has 2 heterocycles. The number of aromatic nitrogens is 3. The lowest BCUT2D eigenvalue weighted by atomic mass is 10.1. The molecule has 1 aliphatic rings. The first-order valence-electron chi connectivity index (χ1n) is 7.98. The molecule has 1 saturated heterocycles. The minimum atomic E-state index is -0.796. The minimum absolute atomic E-state index is 0. The quantitative estimate of drug-likeness (QED) is 0.842. The fourth-order valence-corrected chi connectivity index (χ4v) is 2.91. The van der Waals surface area contributed by atoms with E-state index in [0.717, 1.165) is 38.1 Å². The van der Waals surface area contributed by atoms with E-state index in [1.165, 1.54) is 7.11 Å². The Balaban J connectivity index is 0.00000243. The minimum Gasteiger partial charge on any atom is -0.494 e. The summed E-state index contributed by atoms with van der Waals surface area (Å²) in [5.74, 6) is -2.44. The van der Waals surface area contributed by atoms with Gasteiger partial charge in [0, 0.05) is 12.1 Å². The number of nitrogens with zero attached hydrogens (tertiary/aromatic N) is 3. The number of amides is 1. The summed E-state index contributed by atoms with van der Waals surface area (Å²) in [4.78, 5) is 12.4. The molecule has 0 bridgehead atoms. The summed E-state index contributed by atoms with van der Waals surface area (Å²) in [5, 5.41) is 13.6. The van der Waals surface area contributed by atoms with E-state index in [-0.39, 0.29) is 35.6 Å². The topological polar surface area (TPSA) is 81.1 Å². The maximum Gasteiger partial charge on any atom is 0.278 e. The number of carbonyl (C=O) groups is 1. The van der Waals surface area contributed by atoms with Gasteiger partial charge in [0.05, 0.1) is 24.5 Å². The van der Waals surface area contributed by atoms with E-state index >= 15 is 0 Å². The molecule has 0 radical (unpaired) electrons. The molecule has 1 amide bonds. The highest BCUT2D eigenvalue weighted by molar-refractivity contribution is 6.03. The number of hydrogen-bond donors (Lipinski definition) is 2. The zero-order valence-corrected chi connectivity index (χ0v) is 15.2. The molecular formula is C16H20ClF2N5O2. The van der Waals surface area contributed by atoms with Crippen LogP contribution in [0.5, 0.6) is 5.75 Å². The monoisotopic (exact) mass is 387 g/mol. The second-order valence-electron chi connectivity index (χ2n) is 5.87. The van der Waals surface area contributed by atoms with Gasteiger partial charge in [0.25, 0.3) is 5.91 Å². The molecular weight excluding hydrogens is 368 g/mol. The van der Waals surface area contributed by atoms with Gasteiger partial charge < -0.3 is 15.4 Å². The molecule has 26 heavy (non-hydrogen) atoms. The number of anilines is 1. The zero-order valence-electron chi connectivity index (χ0n) is 14.4. The molecule has 0 unspecified atom stereocenters. The van der Waals surface area contributed by atoms with Crippen LogP contribution in [0.4, 0.5) is 14.5 Å². The number of ether oxygens (including phenoxy) is 1. The number of rotatable bonds is 4. The fourth-order valence-electron chi connectivity index (χ4n) is 2.91. The van der Waals surface area contributed by atoms with Crippen molar-refractivity contribution >= 4 is 24.0 Å². The maximum atomic E-state index is 14.0. The van der Waals surface area contributed by atoms with Crippen molar-refractivity contribution in [2.75, 3.05) is 25.5 Å². The summed E-state index contributed by atoms with van der Waals surface area (Å²) in [7, 11) is 1.23. The van der Waals surface area contributed by atoms with Gasteiger partial charge in [-0.2, -0.15) is 0 Å². The second-order valence-corrected chi connectivity index (χ2v) is 5.87. The number of piperidine rings is 1. The third kappa shape index (κ3) is 3.94. The van der Waals surface area contributed by atoms with E-state index in [0.29, 0.717) is 5.69 Å². The summed E-state index contributed by atoms with van der Waals surface area (Å²) < 4.78 is 34.1. The second kappa shape index (κ2) is 8.41. The molecule has 142 valence electrons. The summed E-state index contributed by atoms with van der Waals surface area (Å²) in [6, 6.07) is 1.92.